The first-order chi connectivity index (χ1) is 12.0. The van der Waals surface area contributed by atoms with E-state index in [2.05, 4.69) is 24.2 Å². The summed E-state index contributed by atoms with van der Waals surface area (Å²) in [7, 11) is 0. The lowest BCUT2D eigenvalue weighted by atomic mass is 9.85. The number of rotatable bonds is 4. The number of guanidine groups is 1. The third-order valence-corrected chi connectivity index (χ3v) is 4.55. The lowest BCUT2D eigenvalue weighted by molar-refractivity contribution is 0.262. The molecule has 5 heteroatoms. The van der Waals surface area contributed by atoms with Crippen molar-refractivity contribution in [1.82, 2.24) is 5.32 Å². The summed E-state index contributed by atoms with van der Waals surface area (Å²) in [6.45, 7) is 5.31. The SMILES string of the molecule is CC(C)(CN=C(N)NC1CCOc2ccccc21)c1ccc(F)cc1. The molecule has 0 aliphatic carbocycles. The Morgan fingerprint density at radius 2 is 1.96 bits per heavy atom. The van der Waals surface area contributed by atoms with Gasteiger partial charge < -0.3 is 15.8 Å². The van der Waals surface area contributed by atoms with Gasteiger partial charge in [0.1, 0.15) is 11.6 Å². The Morgan fingerprint density at radius 3 is 2.72 bits per heavy atom. The lowest BCUT2D eigenvalue weighted by Gasteiger charge is -2.27. The van der Waals surface area contributed by atoms with E-state index in [-0.39, 0.29) is 17.3 Å². The van der Waals surface area contributed by atoms with E-state index in [4.69, 9.17) is 10.5 Å². The second-order valence-electron chi connectivity index (χ2n) is 6.96. The van der Waals surface area contributed by atoms with Crippen LogP contribution in [0, 0.1) is 5.82 Å². The van der Waals surface area contributed by atoms with Crippen LogP contribution in [0.25, 0.3) is 0 Å². The molecule has 1 atom stereocenters. The number of hydrogen-bond donors (Lipinski definition) is 2. The molecule has 1 aliphatic rings. The summed E-state index contributed by atoms with van der Waals surface area (Å²) >= 11 is 0. The molecule has 0 saturated heterocycles. The molecule has 132 valence electrons. The summed E-state index contributed by atoms with van der Waals surface area (Å²) in [6, 6.07) is 14.6. The number of halogens is 1. The van der Waals surface area contributed by atoms with Crippen LogP contribution >= 0.6 is 0 Å². The van der Waals surface area contributed by atoms with Crippen molar-refractivity contribution < 1.29 is 9.13 Å². The Balaban J connectivity index is 1.67. The predicted molar refractivity (Wildman–Crippen MR) is 98.3 cm³/mol. The van der Waals surface area contributed by atoms with Gasteiger partial charge in [-0.25, -0.2) is 4.39 Å². The van der Waals surface area contributed by atoms with Crippen molar-refractivity contribution in [1.29, 1.82) is 0 Å². The second kappa shape index (κ2) is 7.13. The van der Waals surface area contributed by atoms with Gasteiger partial charge in [0, 0.05) is 17.4 Å². The topological polar surface area (TPSA) is 59.6 Å². The first-order valence-electron chi connectivity index (χ1n) is 8.50. The molecular formula is C20H24FN3O. The van der Waals surface area contributed by atoms with Gasteiger partial charge in [0.15, 0.2) is 5.96 Å². The zero-order valence-corrected chi connectivity index (χ0v) is 14.6. The van der Waals surface area contributed by atoms with Crippen LogP contribution in [0.1, 0.15) is 37.4 Å². The smallest absolute Gasteiger partial charge is 0.189 e. The maximum Gasteiger partial charge on any atom is 0.189 e. The largest absolute Gasteiger partial charge is 0.493 e. The summed E-state index contributed by atoms with van der Waals surface area (Å²) in [5.74, 6) is 1.07. The molecule has 1 aliphatic heterocycles. The van der Waals surface area contributed by atoms with Crippen molar-refractivity contribution in [3.05, 3.63) is 65.5 Å². The van der Waals surface area contributed by atoms with Gasteiger partial charge in [0.25, 0.3) is 0 Å². The third kappa shape index (κ3) is 4.10. The molecule has 0 bridgehead atoms. The highest BCUT2D eigenvalue weighted by Gasteiger charge is 2.23. The molecular weight excluding hydrogens is 317 g/mol. The van der Waals surface area contributed by atoms with E-state index in [1.54, 1.807) is 12.1 Å². The van der Waals surface area contributed by atoms with Gasteiger partial charge in [0.05, 0.1) is 19.2 Å². The summed E-state index contributed by atoms with van der Waals surface area (Å²) in [6.07, 6.45) is 0.842. The number of benzene rings is 2. The number of aliphatic imine (C=N–C) groups is 1. The van der Waals surface area contributed by atoms with Gasteiger partial charge in [0.2, 0.25) is 0 Å². The molecule has 3 rings (SSSR count). The molecule has 0 saturated carbocycles. The van der Waals surface area contributed by atoms with Crippen molar-refractivity contribution in [2.45, 2.75) is 31.7 Å². The normalized spacial score (nSPS) is 17.6. The van der Waals surface area contributed by atoms with Crippen molar-refractivity contribution in [3.8, 4) is 5.75 Å². The summed E-state index contributed by atoms with van der Waals surface area (Å²) in [5, 5.41) is 3.30. The van der Waals surface area contributed by atoms with Crippen LogP contribution in [0.15, 0.2) is 53.5 Å². The minimum absolute atomic E-state index is 0.0997. The standard InChI is InChI=1S/C20H24FN3O/c1-20(2,14-7-9-15(21)10-8-14)13-23-19(22)24-17-11-12-25-18-6-4-3-5-16(17)18/h3-10,17H,11-13H2,1-2H3,(H3,22,23,24). The summed E-state index contributed by atoms with van der Waals surface area (Å²) in [4.78, 5) is 4.51. The Bertz CT molecular complexity index is 756. The number of fused-ring (bicyclic) bond motifs is 1. The van der Waals surface area contributed by atoms with Crippen molar-refractivity contribution >= 4 is 5.96 Å². The molecule has 1 heterocycles. The van der Waals surface area contributed by atoms with Gasteiger partial charge >= 0.3 is 0 Å². The minimum atomic E-state index is -0.234. The zero-order valence-electron chi connectivity index (χ0n) is 14.6. The van der Waals surface area contributed by atoms with E-state index in [0.29, 0.717) is 19.1 Å². The van der Waals surface area contributed by atoms with Crippen LogP contribution in [-0.2, 0) is 5.41 Å². The molecule has 0 amide bonds. The van der Waals surface area contributed by atoms with Gasteiger partial charge in [-0.15, -0.1) is 0 Å². The van der Waals surface area contributed by atoms with Crippen LogP contribution in [0.2, 0.25) is 0 Å². The van der Waals surface area contributed by atoms with Crippen LogP contribution in [0.5, 0.6) is 5.75 Å². The van der Waals surface area contributed by atoms with E-state index in [1.807, 2.05) is 24.3 Å². The molecule has 0 radical (unpaired) electrons. The fraction of sp³-hybridized carbons (Fsp3) is 0.350. The second-order valence-corrected chi connectivity index (χ2v) is 6.96. The summed E-state index contributed by atoms with van der Waals surface area (Å²) in [5.41, 5.74) is 8.01. The number of nitrogens with zero attached hydrogens (tertiary/aromatic N) is 1. The van der Waals surface area contributed by atoms with E-state index < -0.39 is 0 Å². The van der Waals surface area contributed by atoms with Crippen LogP contribution in [0.3, 0.4) is 0 Å². The van der Waals surface area contributed by atoms with Crippen molar-refractivity contribution in [3.63, 3.8) is 0 Å². The van der Waals surface area contributed by atoms with Gasteiger partial charge in [-0.3, -0.25) is 4.99 Å². The number of hydrogen-bond acceptors (Lipinski definition) is 2. The van der Waals surface area contributed by atoms with Gasteiger partial charge in [-0.05, 0) is 23.8 Å². The molecule has 0 aromatic heterocycles. The van der Waals surface area contributed by atoms with E-state index in [0.717, 1.165) is 23.3 Å². The first kappa shape index (κ1) is 17.3. The van der Waals surface area contributed by atoms with Crippen LogP contribution < -0.4 is 15.8 Å². The molecule has 1 unspecified atom stereocenters. The molecule has 2 aromatic rings. The number of ether oxygens (including phenoxy) is 1. The maximum absolute atomic E-state index is 13.1. The number of nitrogens with two attached hydrogens (primary N) is 1. The van der Waals surface area contributed by atoms with E-state index >= 15 is 0 Å². The highest BCUT2D eigenvalue weighted by atomic mass is 19.1. The number of nitrogens with one attached hydrogen (secondary N) is 1. The Morgan fingerprint density at radius 1 is 1.24 bits per heavy atom. The van der Waals surface area contributed by atoms with E-state index in [9.17, 15) is 4.39 Å². The predicted octanol–water partition coefficient (Wildman–Crippen LogP) is 3.53. The van der Waals surface area contributed by atoms with Crippen LogP contribution in [-0.4, -0.2) is 19.1 Å². The highest BCUT2D eigenvalue weighted by Crippen LogP contribution is 2.31. The molecule has 2 aromatic carbocycles. The van der Waals surface area contributed by atoms with Crippen LogP contribution in [0.4, 0.5) is 4.39 Å². The average Bonchev–Trinajstić information content (AvgIpc) is 2.61. The quantitative estimate of drug-likeness (QED) is 0.661. The third-order valence-electron chi connectivity index (χ3n) is 4.55. The molecule has 3 N–H and O–H groups in total. The first-order valence-corrected chi connectivity index (χ1v) is 8.50. The zero-order chi connectivity index (χ0) is 17.9. The maximum atomic E-state index is 13.1. The molecule has 25 heavy (non-hydrogen) atoms. The average molecular weight is 341 g/mol. The monoisotopic (exact) mass is 341 g/mol. The fourth-order valence-corrected chi connectivity index (χ4v) is 2.99. The van der Waals surface area contributed by atoms with Crippen molar-refractivity contribution in [2.75, 3.05) is 13.2 Å². The Hall–Kier alpha value is -2.56. The van der Waals surface area contributed by atoms with Gasteiger partial charge in [-0.1, -0.05) is 44.2 Å². The number of para-hydroxylation sites is 1. The van der Waals surface area contributed by atoms with E-state index in [1.165, 1.54) is 12.1 Å². The summed E-state index contributed by atoms with van der Waals surface area (Å²) < 4.78 is 18.8. The fourth-order valence-electron chi connectivity index (χ4n) is 2.99. The minimum Gasteiger partial charge on any atom is -0.493 e. The lowest BCUT2D eigenvalue weighted by Crippen LogP contribution is -2.38. The molecule has 0 fully saturated rings. The molecule has 0 spiro atoms. The molecule has 4 nitrogen and oxygen atoms in total. The highest BCUT2D eigenvalue weighted by molar-refractivity contribution is 5.78. The van der Waals surface area contributed by atoms with Gasteiger partial charge in [-0.2, -0.15) is 0 Å². The van der Waals surface area contributed by atoms with Crippen molar-refractivity contribution in [2.24, 2.45) is 10.7 Å². The Labute approximate surface area is 147 Å². The Kier molecular flexibility index (Phi) is 4.93.